The van der Waals surface area contributed by atoms with Gasteiger partial charge in [0.2, 0.25) is 0 Å². The summed E-state index contributed by atoms with van der Waals surface area (Å²) in [7, 11) is 4.31. The number of aryl methyl sites for hydroxylation is 3. The van der Waals surface area contributed by atoms with E-state index in [1.165, 1.54) is 22.3 Å². The Morgan fingerprint density at radius 3 is 1.94 bits per heavy atom. The molecule has 2 unspecified atom stereocenters. The van der Waals surface area contributed by atoms with Crippen LogP contribution in [0.3, 0.4) is 0 Å². The summed E-state index contributed by atoms with van der Waals surface area (Å²) < 4.78 is 0. The summed E-state index contributed by atoms with van der Waals surface area (Å²) >= 11 is 0. The SMILES string of the molecule is Cc1cc(C)c(C(CCC(C)N)N(C)C)c(C)c1. The van der Waals surface area contributed by atoms with Crippen LogP contribution in [0.2, 0.25) is 0 Å². The predicted octanol–water partition coefficient (Wildman–Crippen LogP) is 3.34. The fourth-order valence-electron chi connectivity index (χ4n) is 2.80. The molecule has 18 heavy (non-hydrogen) atoms. The highest BCUT2D eigenvalue weighted by Gasteiger charge is 2.18. The van der Waals surface area contributed by atoms with Crippen molar-refractivity contribution in [2.24, 2.45) is 5.73 Å². The fraction of sp³-hybridized carbons (Fsp3) is 0.625. The zero-order valence-corrected chi connectivity index (χ0v) is 12.7. The Morgan fingerprint density at radius 1 is 1.06 bits per heavy atom. The fourth-order valence-corrected chi connectivity index (χ4v) is 2.80. The molecule has 102 valence electrons. The van der Waals surface area contributed by atoms with Crippen LogP contribution in [0.4, 0.5) is 0 Å². The molecule has 0 bridgehead atoms. The first-order valence-electron chi connectivity index (χ1n) is 6.82. The number of hydrogen-bond acceptors (Lipinski definition) is 2. The third-order valence-electron chi connectivity index (χ3n) is 3.59. The van der Waals surface area contributed by atoms with Crippen molar-refractivity contribution in [1.82, 2.24) is 4.90 Å². The lowest BCUT2D eigenvalue weighted by Crippen LogP contribution is -2.24. The van der Waals surface area contributed by atoms with Crippen LogP contribution in [0.15, 0.2) is 12.1 Å². The van der Waals surface area contributed by atoms with Crippen molar-refractivity contribution in [3.8, 4) is 0 Å². The number of benzene rings is 1. The largest absolute Gasteiger partial charge is 0.328 e. The molecular weight excluding hydrogens is 220 g/mol. The van der Waals surface area contributed by atoms with Gasteiger partial charge in [0.25, 0.3) is 0 Å². The molecule has 0 amide bonds. The van der Waals surface area contributed by atoms with E-state index in [0.29, 0.717) is 6.04 Å². The molecule has 0 aliphatic carbocycles. The summed E-state index contributed by atoms with van der Waals surface area (Å²) in [6.45, 7) is 8.69. The maximum atomic E-state index is 5.90. The summed E-state index contributed by atoms with van der Waals surface area (Å²) in [4.78, 5) is 2.31. The smallest absolute Gasteiger partial charge is 0.0347 e. The highest BCUT2D eigenvalue weighted by atomic mass is 15.1. The second-order valence-electron chi connectivity index (χ2n) is 5.85. The highest BCUT2D eigenvalue weighted by molar-refractivity contribution is 5.39. The quantitative estimate of drug-likeness (QED) is 0.866. The molecular formula is C16H28N2. The van der Waals surface area contributed by atoms with Crippen molar-refractivity contribution in [1.29, 1.82) is 0 Å². The zero-order chi connectivity index (χ0) is 13.9. The Morgan fingerprint density at radius 2 is 1.56 bits per heavy atom. The molecule has 0 aliphatic rings. The van der Waals surface area contributed by atoms with Gasteiger partial charge in [-0.05, 0) is 71.3 Å². The molecule has 0 fully saturated rings. The Hall–Kier alpha value is -0.860. The minimum Gasteiger partial charge on any atom is -0.328 e. The topological polar surface area (TPSA) is 29.3 Å². The minimum absolute atomic E-state index is 0.276. The standard InChI is InChI=1S/C16H28N2/c1-11-9-12(2)16(13(3)10-11)15(18(5)6)8-7-14(4)17/h9-10,14-15H,7-8,17H2,1-6H3. The number of nitrogens with zero attached hydrogens (tertiary/aromatic N) is 1. The third kappa shape index (κ3) is 3.82. The van der Waals surface area contributed by atoms with Gasteiger partial charge < -0.3 is 10.6 Å². The minimum atomic E-state index is 0.276. The van der Waals surface area contributed by atoms with Gasteiger partial charge in [0.1, 0.15) is 0 Å². The third-order valence-corrected chi connectivity index (χ3v) is 3.59. The van der Waals surface area contributed by atoms with E-state index in [9.17, 15) is 0 Å². The zero-order valence-electron chi connectivity index (χ0n) is 12.7. The van der Waals surface area contributed by atoms with E-state index in [0.717, 1.165) is 12.8 Å². The lowest BCUT2D eigenvalue weighted by Gasteiger charge is -2.29. The van der Waals surface area contributed by atoms with E-state index in [-0.39, 0.29) is 6.04 Å². The monoisotopic (exact) mass is 248 g/mol. The normalized spacial score (nSPS) is 14.9. The molecule has 1 aromatic rings. The van der Waals surface area contributed by atoms with Crippen molar-refractivity contribution in [2.75, 3.05) is 14.1 Å². The van der Waals surface area contributed by atoms with E-state index in [1.54, 1.807) is 0 Å². The Bertz CT molecular complexity index is 371. The molecule has 1 aromatic carbocycles. The summed E-state index contributed by atoms with van der Waals surface area (Å²) in [5, 5.41) is 0. The van der Waals surface area contributed by atoms with Crippen LogP contribution in [0.1, 0.15) is 48.1 Å². The van der Waals surface area contributed by atoms with Crippen LogP contribution in [0.5, 0.6) is 0 Å². The highest BCUT2D eigenvalue weighted by Crippen LogP contribution is 2.30. The van der Waals surface area contributed by atoms with Crippen LogP contribution < -0.4 is 5.73 Å². The first-order chi connectivity index (χ1) is 8.32. The van der Waals surface area contributed by atoms with Gasteiger partial charge in [0.05, 0.1) is 0 Å². The van der Waals surface area contributed by atoms with Crippen LogP contribution in [0.25, 0.3) is 0 Å². The van der Waals surface area contributed by atoms with Crippen LogP contribution >= 0.6 is 0 Å². The van der Waals surface area contributed by atoms with Gasteiger partial charge in [-0.15, -0.1) is 0 Å². The Kier molecular flexibility index (Phi) is 5.36. The first-order valence-corrected chi connectivity index (χ1v) is 6.82. The maximum absolute atomic E-state index is 5.90. The molecule has 0 aliphatic heterocycles. The Labute approximate surface area is 112 Å². The van der Waals surface area contributed by atoms with E-state index in [2.05, 4.69) is 58.8 Å². The van der Waals surface area contributed by atoms with E-state index >= 15 is 0 Å². The van der Waals surface area contributed by atoms with E-state index < -0.39 is 0 Å². The molecule has 2 nitrogen and oxygen atoms in total. The van der Waals surface area contributed by atoms with Gasteiger partial charge >= 0.3 is 0 Å². The van der Waals surface area contributed by atoms with Crippen molar-refractivity contribution >= 4 is 0 Å². The molecule has 0 heterocycles. The van der Waals surface area contributed by atoms with Crippen molar-refractivity contribution in [3.05, 3.63) is 34.4 Å². The summed E-state index contributed by atoms with van der Waals surface area (Å²) in [5.74, 6) is 0. The van der Waals surface area contributed by atoms with Gasteiger partial charge in [-0.1, -0.05) is 17.7 Å². The van der Waals surface area contributed by atoms with E-state index in [4.69, 9.17) is 5.73 Å². The van der Waals surface area contributed by atoms with Gasteiger partial charge in [-0.25, -0.2) is 0 Å². The van der Waals surface area contributed by atoms with Gasteiger partial charge in [0, 0.05) is 12.1 Å². The van der Waals surface area contributed by atoms with Crippen LogP contribution in [-0.4, -0.2) is 25.0 Å². The van der Waals surface area contributed by atoms with Crippen molar-refractivity contribution in [3.63, 3.8) is 0 Å². The summed E-state index contributed by atoms with van der Waals surface area (Å²) in [6, 6.07) is 5.31. The molecule has 1 rings (SSSR count). The number of hydrogen-bond donors (Lipinski definition) is 1. The van der Waals surface area contributed by atoms with Crippen molar-refractivity contribution < 1.29 is 0 Å². The van der Waals surface area contributed by atoms with Gasteiger partial charge in [-0.3, -0.25) is 0 Å². The summed E-state index contributed by atoms with van der Waals surface area (Å²) in [5.41, 5.74) is 11.5. The molecule has 2 atom stereocenters. The van der Waals surface area contributed by atoms with Crippen LogP contribution in [-0.2, 0) is 0 Å². The second-order valence-corrected chi connectivity index (χ2v) is 5.85. The second kappa shape index (κ2) is 6.35. The molecule has 0 saturated carbocycles. The Balaban J connectivity index is 3.06. The molecule has 0 aromatic heterocycles. The molecule has 0 saturated heterocycles. The molecule has 2 heteroatoms. The summed E-state index contributed by atoms with van der Waals surface area (Å²) in [6.07, 6.45) is 2.19. The van der Waals surface area contributed by atoms with Crippen molar-refractivity contribution in [2.45, 2.75) is 52.6 Å². The first kappa shape index (κ1) is 15.2. The lowest BCUT2D eigenvalue weighted by atomic mass is 9.90. The van der Waals surface area contributed by atoms with E-state index in [1.807, 2.05) is 0 Å². The number of rotatable bonds is 5. The average molecular weight is 248 g/mol. The number of nitrogens with two attached hydrogens (primary N) is 1. The van der Waals surface area contributed by atoms with Gasteiger partial charge in [-0.2, -0.15) is 0 Å². The molecule has 0 radical (unpaired) electrons. The van der Waals surface area contributed by atoms with Crippen LogP contribution in [0, 0.1) is 20.8 Å². The lowest BCUT2D eigenvalue weighted by molar-refractivity contribution is 0.273. The maximum Gasteiger partial charge on any atom is 0.0347 e. The predicted molar refractivity (Wildman–Crippen MR) is 80.0 cm³/mol. The van der Waals surface area contributed by atoms with Gasteiger partial charge in [0.15, 0.2) is 0 Å². The molecule has 2 N–H and O–H groups in total. The molecule has 0 spiro atoms. The average Bonchev–Trinajstić information content (AvgIpc) is 2.20.